The number of nitrogens with one attached hydrogen (secondary N) is 1. The summed E-state index contributed by atoms with van der Waals surface area (Å²) in [5.41, 5.74) is 1.89. The molecular formula is C19H20N6O2. The zero-order valence-electron chi connectivity index (χ0n) is 14.8. The molecule has 138 valence electrons. The third-order valence-electron chi connectivity index (χ3n) is 5.22. The highest BCUT2D eigenvalue weighted by molar-refractivity contribution is 5.82. The minimum absolute atomic E-state index is 0.0291. The number of carbonyl (C=O) groups excluding carboxylic acids is 1. The molecule has 27 heavy (non-hydrogen) atoms. The number of carbonyl (C=O) groups is 1. The third kappa shape index (κ3) is 3.07. The third-order valence-corrected chi connectivity index (χ3v) is 5.22. The maximum Gasteiger partial charge on any atom is 0.261 e. The number of hydrogen-bond acceptors (Lipinski definition) is 6. The van der Waals surface area contributed by atoms with Gasteiger partial charge < -0.3 is 15.0 Å². The van der Waals surface area contributed by atoms with Gasteiger partial charge >= 0.3 is 0 Å². The summed E-state index contributed by atoms with van der Waals surface area (Å²) in [4.78, 5) is 14.8. The number of nitrogens with zero attached hydrogens (tertiary/aromatic N) is 5. The van der Waals surface area contributed by atoms with Crippen LogP contribution in [-0.4, -0.2) is 51.0 Å². The molecular weight excluding hydrogens is 344 g/mol. The van der Waals surface area contributed by atoms with Crippen molar-refractivity contribution in [1.82, 2.24) is 25.1 Å². The van der Waals surface area contributed by atoms with E-state index < -0.39 is 6.10 Å². The Hall–Kier alpha value is -3.16. The Morgan fingerprint density at radius 1 is 1.19 bits per heavy atom. The molecule has 2 aliphatic rings. The molecule has 0 aliphatic carbocycles. The number of aryl methyl sites for hydroxylation is 1. The van der Waals surface area contributed by atoms with Crippen molar-refractivity contribution in [3.8, 4) is 5.75 Å². The molecule has 8 nitrogen and oxygen atoms in total. The van der Waals surface area contributed by atoms with Crippen molar-refractivity contribution in [2.24, 2.45) is 0 Å². The van der Waals surface area contributed by atoms with Gasteiger partial charge in [-0.1, -0.05) is 18.2 Å². The first-order valence-corrected chi connectivity index (χ1v) is 9.23. The highest BCUT2D eigenvalue weighted by Gasteiger charge is 2.30. The molecule has 3 aromatic rings. The lowest BCUT2D eigenvalue weighted by Gasteiger charge is -2.26. The molecule has 1 amide bonds. The molecule has 2 aromatic heterocycles. The van der Waals surface area contributed by atoms with E-state index in [4.69, 9.17) is 4.74 Å². The fourth-order valence-corrected chi connectivity index (χ4v) is 3.78. The van der Waals surface area contributed by atoms with Crippen molar-refractivity contribution in [2.45, 2.75) is 31.4 Å². The fourth-order valence-electron chi connectivity index (χ4n) is 3.78. The SMILES string of the molecule is O=C(N[C@H]1CCN(c2ccc3nncn3n2)C1)[C@H]1CCc2ccccc2O1. The van der Waals surface area contributed by atoms with Gasteiger partial charge in [0.15, 0.2) is 11.8 Å². The van der Waals surface area contributed by atoms with Crippen LogP contribution in [0.1, 0.15) is 18.4 Å². The summed E-state index contributed by atoms with van der Waals surface area (Å²) in [6.45, 7) is 1.58. The maximum atomic E-state index is 12.7. The van der Waals surface area contributed by atoms with Crippen molar-refractivity contribution >= 4 is 17.4 Å². The van der Waals surface area contributed by atoms with E-state index in [0.717, 1.165) is 43.1 Å². The standard InChI is InChI=1S/C19H20N6O2/c26-19(16-6-5-13-3-1-2-4-15(13)27-16)21-14-9-10-24(11-14)18-8-7-17-22-20-12-25(17)23-18/h1-4,7-8,12,14,16H,5-6,9-11H2,(H,21,26)/t14-,16+/m0/s1. The lowest BCUT2D eigenvalue weighted by Crippen LogP contribution is -2.46. The lowest BCUT2D eigenvalue weighted by molar-refractivity contribution is -0.129. The molecule has 1 saturated heterocycles. The predicted octanol–water partition coefficient (Wildman–Crippen LogP) is 1.21. The molecule has 2 atom stereocenters. The van der Waals surface area contributed by atoms with Crippen LogP contribution in [0.15, 0.2) is 42.7 Å². The van der Waals surface area contributed by atoms with Crippen LogP contribution in [0.2, 0.25) is 0 Å². The van der Waals surface area contributed by atoms with E-state index in [2.05, 4.69) is 31.6 Å². The Kier molecular flexibility index (Phi) is 3.88. The molecule has 0 spiro atoms. The van der Waals surface area contributed by atoms with Crippen LogP contribution in [0.3, 0.4) is 0 Å². The lowest BCUT2D eigenvalue weighted by atomic mass is 10.0. The topological polar surface area (TPSA) is 84.7 Å². The van der Waals surface area contributed by atoms with E-state index in [1.165, 1.54) is 5.56 Å². The van der Waals surface area contributed by atoms with Crippen molar-refractivity contribution in [1.29, 1.82) is 0 Å². The molecule has 1 aromatic carbocycles. The summed E-state index contributed by atoms with van der Waals surface area (Å²) >= 11 is 0. The molecule has 2 aliphatic heterocycles. The maximum absolute atomic E-state index is 12.7. The van der Waals surface area contributed by atoms with Gasteiger partial charge in [0.05, 0.1) is 0 Å². The highest BCUT2D eigenvalue weighted by atomic mass is 16.5. The van der Waals surface area contributed by atoms with Gasteiger partial charge in [0.1, 0.15) is 17.9 Å². The smallest absolute Gasteiger partial charge is 0.261 e. The summed E-state index contributed by atoms with van der Waals surface area (Å²) in [5, 5.41) is 15.5. The molecule has 1 N–H and O–H groups in total. The van der Waals surface area contributed by atoms with Crippen LogP contribution < -0.4 is 15.0 Å². The van der Waals surface area contributed by atoms with Gasteiger partial charge in [-0.05, 0) is 43.0 Å². The first kappa shape index (κ1) is 16.0. The quantitative estimate of drug-likeness (QED) is 0.752. The van der Waals surface area contributed by atoms with Gasteiger partial charge in [-0.3, -0.25) is 4.79 Å². The molecule has 0 radical (unpaired) electrons. The molecule has 0 unspecified atom stereocenters. The largest absolute Gasteiger partial charge is 0.480 e. The molecule has 0 saturated carbocycles. The summed E-state index contributed by atoms with van der Waals surface area (Å²) in [7, 11) is 0. The van der Waals surface area contributed by atoms with Crippen LogP contribution in [0.25, 0.3) is 5.65 Å². The van der Waals surface area contributed by atoms with E-state index >= 15 is 0 Å². The number of fused-ring (bicyclic) bond motifs is 2. The van der Waals surface area contributed by atoms with Crippen LogP contribution in [0.4, 0.5) is 5.82 Å². The molecule has 8 heteroatoms. The number of anilines is 1. The van der Waals surface area contributed by atoms with Gasteiger partial charge in [-0.15, -0.1) is 15.3 Å². The van der Waals surface area contributed by atoms with Crippen molar-refractivity contribution < 1.29 is 9.53 Å². The summed E-state index contributed by atoms with van der Waals surface area (Å²) in [5.74, 6) is 1.66. The summed E-state index contributed by atoms with van der Waals surface area (Å²) in [6, 6.07) is 11.9. The normalized spacial score (nSPS) is 21.7. The van der Waals surface area contributed by atoms with Gasteiger partial charge in [0.25, 0.3) is 5.91 Å². The second kappa shape index (κ2) is 6.53. The number of rotatable bonds is 3. The monoisotopic (exact) mass is 364 g/mol. The highest BCUT2D eigenvalue weighted by Crippen LogP contribution is 2.27. The zero-order chi connectivity index (χ0) is 18.2. The Morgan fingerprint density at radius 2 is 2.11 bits per heavy atom. The molecule has 4 heterocycles. The first-order chi connectivity index (χ1) is 13.3. The van der Waals surface area contributed by atoms with Crippen molar-refractivity contribution in [2.75, 3.05) is 18.0 Å². The molecule has 0 bridgehead atoms. The van der Waals surface area contributed by atoms with Gasteiger partial charge in [0, 0.05) is 19.1 Å². The van der Waals surface area contributed by atoms with E-state index in [0.29, 0.717) is 6.42 Å². The number of para-hydroxylation sites is 1. The van der Waals surface area contributed by atoms with Crippen LogP contribution in [0, 0.1) is 0 Å². The van der Waals surface area contributed by atoms with E-state index in [9.17, 15) is 4.79 Å². The fraction of sp³-hybridized carbons (Fsp3) is 0.368. The number of aromatic nitrogens is 4. The second-order valence-electron chi connectivity index (χ2n) is 7.02. The molecule has 5 rings (SSSR count). The first-order valence-electron chi connectivity index (χ1n) is 9.23. The van der Waals surface area contributed by atoms with Gasteiger partial charge in [-0.2, -0.15) is 4.52 Å². The van der Waals surface area contributed by atoms with Crippen LogP contribution in [0.5, 0.6) is 5.75 Å². The average Bonchev–Trinajstić information content (AvgIpc) is 3.36. The number of hydrogen-bond donors (Lipinski definition) is 1. The Balaban J connectivity index is 1.21. The van der Waals surface area contributed by atoms with Gasteiger partial charge in [0.2, 0.25) is 0 Å². The predicted molar refractivity (Wildman–Crippen MR) is 98.7 cm³/mol. The minimum atomic E-state index is -0.416. The van der Waals surface area contributed by atoms with E-state index in [1.807, 2.05) is 30.3 Å². The summed E-state index contributed by atoms with van der Waals surface area (Å²) in [6.07, 6.45) is 3.64. The number of ether oxygens (including phenoxy) is 1. The Bertz CT molecular complexity index is 987. The number of benzene rings is 1. The van der Waals surface area contributed by atoms with E-state index in [1.54, 1.807) is 10.8 Å². The second-order valence-corrected chi connectivity index (χ2v) is 7.02. The Labute approximate surface area is 156 Å². The van der Waals surface area contributed by atoms with Crippen molar-refractivity contribution in [3.05, 3.63) is 48.3 Å². The average molecular weight is 364 g/mol. The zero-order valence-corrected chi connectivity index (χ0v) is 14.8. The van der Waals surface area contributed by atoms with Crippen LogP contribution in [-0.2, 0) is 11.2 Å². The van der Waals surface area contributed by atoms with Crippen molar-refractivity contribution in [3.63, 3.8) is 0 Å². The minimum Gasteiger partial charge on any atom is -0.480 e. The number of amides is 1. The Morgan fingerprint density at radius 3 is 3.07 bits per heavy atom. The van der Waals surface area contributed by atoms with Gasteiger partial charge in [-0.25, -0.2) is 0 Å². The summed E-state index contributed by atoms with van der Waals surface area (Å²) < 4.78 is 7.56. The van der Waals surface area contributed by atoms with E-state index in [-0.39, 0.29) is 11.9 Å². The molecule has 1 fully saturated rings. The van der Waals surface area contributed by atoms with Crippen LogP contribution >= 0.6 is 0 Å².